The molecular formula is C18H25N3O4. The quantitative estimate of drug-likeness (QED) is 0.880. The molecule has 25 heavy (non-hydrogen) atoms. The molecule has 2 heterocycles. The first-order chi connectivity index (χ1) is 12.2. The largest absolute Gasteiger partial charge is 0.493 e. The molecule has 2 aliphatic heterocycles. The van der Waals surface area contributed by atoms with E-state index in [9.17, 15) is 9.59 Å². The van der Waals surface area contributed by atoms with Gasteiger partial charge >= 0.3 is 12.1 Å². The molecule has 1 fully saturated rings. The third-order valence-electron chi connectivity index (χ3n) is 4.62. The molecule has 0 aromatic heterocycles. The number of ether oxygens (including phenoxy) is 2. The Hall–Kier alpha value is -2.44. The predicted molar refractivity (Wildman–Crippen MR) is 92.6 cm³/mol. The van der Waals surface area contributed by atoms with Crippen molar-refractivity contribution in [2.75, 3.05) is 26.3 Å². The molecule has 3 rings (SSSR count). The smallest absolute Gasteiger partial charge is 0.409 e. The topological polar surface area (TPSA) is 79.9 Å². The molecule has 1 saturated heterocycles. The van der Waals surface area contributed by atoms with E-state index in [1.807, 2.05) is 24.3 Å². The Morgan fingerprint density at radius 3 is 2.72 bits per heavy atom. The fourth-order valence-corrected chi connectivity index (χ4v) is 3.30. The third-order valence-corrected chi connectivity index (χ3v) is 4.62. The van der Waals surface area contributed by atoms with E-state index in [0.717, 1.165) is 30.6 Å². The minimum absolute atomic E-state index is 0.0374. The highest BCUT2D eigenvalue weighted by molar-refractivity contribution is 5.75. The molecular weight excluding hydrogens is 322 g/mol. The van der Waals surface area contributed by atoms with Crippen molar-refractivity contribution in [2.24, 2.45) is 0 Å². The van der Waals surface area contributed by atoms with Crippen LogP contribution in [0, 0.1) is 0 Å². The molecule has 1 unspecified atom stereocenters. The molecule has 7 nitrogen and oxygen atoms in total. The van der Waals surface area contributed by atoms with Gasteiger partial charge in [0.15, 0.2) is 0 Å². The Balaban J connectivity index is 1.47. The fourth-order valence-electron chi connectivity index (χ4n) is 3.30. The van der Waals surface area contributed by atoms with E-state index < -0.39 is 0 Å². The summed E-state index contributed by atoms with van der Waals surface area (Å²) in [5.41, 5.74) is 1.01. The number of urea groups is 1. The zero-order valence-electron chi connectivity index (χ0n) is 14.5. The Bertz CT molecular complexity index is 614. The van der Waals surface area contributed by atoms with E-state index in [1.165, 1.54) is 0 Å². The molecule has 7 heteroatoms. The number of hydrogen-bond donors (Lipinski definition) is 2. The van der Waals surface area contributed by atoms with Crippen LogP contribution in [0.15, 0.2) is 24.3 Å². The van der Waals surface area contributed by atoms with Crippen LogP contribution in [0.25, 0.3) is 0 Å². The van der Waals surface area contributed by atoms with Gasteiger partial charge in [0.2, 0.25) is 0 Å². The summed E-state index contributed by atoms with van der Waals surface area (Å²) in [4.78, 5) is 25.7. The summed E-state index contributed by atoms with van der Waals surface area (Å²) in [6, 6.07) is 7.65. The number of hydrogen-bond acceptors (Lipinski definition) is 4. The molecule has 0 saturated carbocycles. The molecule has 0 bridgehead atoms. The molecule has 1 atom stereocenters. The van der Waals surface area contributed by atoms with Crippen molar-refractivity contribution in [3.63, 3.8) is 0 Å². The number of carbonyl (C=O) groups excluding carboxylic acids is 2. The van der Waals surface area contributed by atoms with E-state index in [2.05, 4.69) is 10.6 Å². The molecule has 3 amide bonds. The van der Waals surface area contributed by atoms with Crippen molar-refractivity contribution < 1.29 is 19.1 Å². The van der Waals surface area contributed by atoms with Gasteiger partial charge in [-0.25, -0.2) is 9.59 Å². The number of benzene rings is 1. The van der Waals surface area contributed by atoms with Gasteiger partial charge in [-0.1, -0.05) is 18.2 Å². The van der Waals surface area contributed by atoms with Crippen molar-refractivity contribution in [2.45, 2.75) is 38.3 Å². The number of likely N-dealkylation sites (tertiary alicyclic amines) is 1. The van der Waals surface area contributed by atoms with Crippen LogP contribution in [-0.2, 0) is 4.74 Å². The van der Waals surface area contributed by atoms with Gasteiger partial charge in [0.25, 0.3) is 0 Å². The number of amides is 3. The van der Waals surface area contributed by atoms with Gasteiger partial charge in [0.1, 0.15) is 5.75 Å². The Labute approximate surface area is 147 Å². The monoisotopic (exact) mass is 347 g/mol. The highest BCUT2D eigenvalue weighted by Crippen LogP contribution is 2.31. The lowest BCUT2D eigenvalue weighted by Crippen LogP contribution is -2.50. The Morgan fingerprint density at radius 2 is 1.96 bits per heavy atom. The maximum Gasteiger partial charge on any atom is 0.409 e. The standard InChI is InChI=1S/C18H25N3O4/c1-2-24-18(23)21-10-7-13(8-11-21)19-17(22)20-15-9-12-25-16-6-4-3-5-14(15)16/h3-6,13,15H,2,7-12H2,1H3,(H2,19,20,22). The summed E-state index contributed by atoms with van der Waals surface area (Å²) in [5, 5.41) is 6.06. The van der Waals surface area contributed by atoms with Crippen LogP contribution in [0.5, 0.6) is 5.75 Å². The van der Waals surface area contributed by atoms with Crippen LogP contribution in [0.4, 0.5) is 9.59 Å². The molecule has 0 radical (unpaired) electrons. The first-order valence-electron chi connectivity index (χ1n) is 8.88. The molecule has 0 aliphatic carbocycles. The van der Waals surface area contributed by atoms with E-state index in [0.29, 0.717) is 26.3 Å². The second-order valence-electron chi connectivity index (χ2n) is 6.31. The summed E-state index contributed by atoms with van der Waals surface area (Å²) in [6.45, 7) is 3.98. The summed E-state index contributed by atoms with van der Waals surface area (Å²) >= 11 is 0. The predicted octanol–water partition coefficient (Wildman–Crippen LogP) is 2.43. The number of rotatable bonds is 3. The van der Waals surface area contributed by atoms with Gasteiger partial charge in [-0.3, -0.25) is 0 Å². The van der Waals surface area contributed by atoms with Crippen LogP contribution < -0.4 is 15.4 Å². The first kappa shape index (κ1) is 17.4. The molecule has 0 spiro atoms. The highest BCUT2D eigenvalue weighted by Gasteiger charge is 2.26. The van der Waals surface area contributed by atoms with E-state index in [1.54, 1.807) is 11.8 Å². The summed E-state index contributed by atoms with van der Waals surface area (Å²) < 4.78 is 10.6. The van der Waals surface area contributed by atoms with Crippen LogP contribution >= 0.6 is 0 Å². The number of nitrogens with one attached hydrogen (secondary N) is 2. The van der Waals surface area contributed by atoms with Crippen molar-refractivity contribution >= 4 is 12.1 Å². The maximum atomic E-state index is 12.3. The summed E-state index contributed by atoms with van der Waals surface area (Å²) in [7, 11) is 0. The molecule has 1 aromatic rings. The minimum atomic E-state index is -0.274. The van der Waals surface area contributed by atoms with E-state index in [-0.39, 0.29) is 24.2 Å². The lowest BCUT2D eigenvalue weighted by Gasteiger charge is -2.32. The van der Waals surface area contributed by atoms with Gasteiger partial charge < -0.3 is 25.0 Å². The van der Waals surface area contributed by atoms with Crippen LogP contribution in [0.1, 0.15) is 37.8 Å². The number of piperidine rings is 1. The lowest BCUT2D eigenvalue weighted by molar-refractivity contribution is 0.0957. The normalized spacial score (nSPS) is 20.2. The van der Waals surface area contributed by atoms with Gasteiger partial charge in [-0.2, -0.15) is 0 Å². The molecule has 2 aliphatic rings. The fraction of sp³-hybridized carbons (Fsp3) is 0.556. The minimum Gasteiger partial charge on any atom is -0.493 e. The lowest BCUT2D eigenvalue weighted by atomic mass is 10.0. The van der Waals surface area contributed by atoms with Gasteiger partial charge in [0, 0.05) is 31.1 Å². The first-order valence-corrected chi connectivity index (χ1v) is 8.88. The number of carbonyl (C=O) groups is 2. The average Bonchev–Trinajstić information content (AvgIpc) is 2.63. The zero-order chi connectivity index (χ0) is 17.6. The number of nitrogens with zero attached hydrogens (tertiary/aromatic N) is 1. The molecule has 1 aromatic carbocycles. The second kappa shape index (κ2) is 8.09. The van der Waals surface area contributed by atoms with Crippen molar-refractivity contribution in [1.29, 1.82) is 0 Å². The third kappa shape index (κ3) is 4.35. The van der Waals surface area contributed by atoms with Crippen LogP contribution in [0.2, 0.25) is 0 Å². The van der Waals surface area contributed by atoms with E-state index in [4.69, 9.17) is 9.47 Å². The van der Waals surface area contributed by atoms with Gasteiger partial charge in [-0.15, -0.1) is 0 Å². The average molecular weight is 347 g/mol. The SMILES string of the molecule is CCOC(=O)N1CCC(NC(=O)NC2CCOc3ccccc32)CC1. The highest BCUT2D eigenvalue weighted by atomic mass is 16.6. The zero-order valence-corrected chi connectivity index (χ0v) is 14.5. The van der Waals surface area contributed by atoms with Crippen molar-refractivity contribution in [1.82, 2.24) is 15.5 Å². The van der Waals surface area contributed by atoms with Gasteiger partial charge in [-0.05, 0) is 25.8 Å². The second-order valence-corrected chi connectivity index (χ2v) is 6.31. The number of para-hydroxylation sites is 1. The Kier molecular flexibility index (Phi) is 5.63. The molecule has 2 N–H and O–H groups in total. The maximum absolute atomic E-state index is 12.3. The van der Waals surface area contributed by atoms with Crippen molar-refractivity contribution in [3.05, 3.63) is 29.8 Å². The Morgan fingerprint density at radius 1 is 1.20 bits per heavy atom. The number of fused-ring (bicyclic) bond motifs is 1. The summed E-state index contributed by atoms with van der Waals surface area (Å²) in [5.74, 6) is 0.835. The van der Waals surface area contributed by atoms with Crippen LogP contribution in [0.3, 0.4) is 0 Å². The summed E-state index contributed by atoms with van der Waals surface area (Å²) in [6.07, 6.45) is 1.95. The van der Waals surface area contributed by atoms with Crippen molar-refractivity contribution in [3.8, 4) is 5.75 Å². The van der Waals surface area contributed by atoms with Gasteiger partial charge in [0.05, 0.1) is 19.3 Å². The van der Waals surface area contributed by atoms with E-state index >= 15 is 0 Å². The van der Waals surface area contributed by atoms with Crippen LogP contribution in [-0.4, -0.2) is 49.4 Å². The molecule has 136 valence electrons.